The van der Waals surface area contributed by atoms with Crippen LogP contribution in [0.5, 0.6) is 0 Å². The van der Waals surface area contributed by atoms with E-state index in [1.165, 1.54) is 0 Å². The maximum absolute atomic E-state index is 11.7. The predicted molar refractivity (Wildman–Crippen MR) is 61.7 cm³/mol. The second-order valence-corrected chi connectivity index (χ2v) is 4.87. The van der Waals surface area contributed by atoms with Gasteiger partial charge in [0, 0.05) is 6.04 Å². The third-order valence-corrected chi connectivity index (χ3v) is 2.87. The standard InChI is InChI=1S/C11H21N3O2/c1-7(2)13-9(15)8(3)14-10(16)11(12)5-4-6-11/h7-8H,4-6,12H2,1-3H3,(H,13,15)(H,14,16). The lowest BCUT2D eigenvalue weighted by Gasteiger charge is -2.36. The van der Waals surface area contributed by atoms with Crippen LogP contribution in [0.15, 0.2) is 0 Å². The Balaban J connectivity index is 2.41. The zero-order valence-electron chi connectivity index (χ0n) is 10.2. The summed E-state index contributed by atoms with van der Waals surface area (Å²) in [7, 11) is 0. The van der Waals surface area contributed by atoms with Crippen LogP contribution in [0.1, 0.15) is 40.0 Å². The summed E-state index contributed by atoms with van der Waals surface area (Å²) in [6, 6.07) is -0.460. The first-order chi connectivity index (χ1) is 7.35. The van der Waals surface area contributed by atoms with Gasteiger partial charge in [0.25, 0.3) is 0 Å². The summed E-state index contributed by atoms with van der Waals surface area (Å²) < 4.78 is 0. The first-order valence-electron chi connectivity index (χ1n) is 5.75. The van der Waals surface area contributed by atoms with Gasteiger partial charge in [-0.25, -0.2) is 0 Å². The van der Waals surface area contributed by atoms with Gasteiger partial charge in [0.2, 0.25) is 11.8 Å². The molecule has 0 aliphatic heterocycles. The van der Waals surface area contributed by atoms with Crippen LogP contribution < -0.4 is 16.4 Å². The lowest BCUT2D eigenvalue weighted by Crippen LogP contribution is -2.61. The maximum atomic E-state index is 11.7. The molecule has 0 spiro atoms. The Kier molecular flexibility index (Phi) is 3.91. The molecule has 0 saturated heterocycles. The molecule has 5 nitrogen and oxygen atoms in total. The van der Waals surface area contributed by atoms with Crippen molar-refractivity contribution in [3.05, 3.63) is 0 Å². The summed E-state index contributed by atoms with van der Waals surface area (Å²) in [5.41, 5.74) is 5.11. The Morgan fingerprint density at radius 2 is 1.75 bits per heavy atom. The summed E-state index contributed by atoms with van der Waals surface area (Å²) in [5, 5.41) is 5.39. The molecule has 0 aromatic heterocycles. The molecule has 1 saturated carbocycles. The van der Waals surface area contributed by atoms with Gasteiger partial charge in [0.1, 0.15) is 6.04 Å². The minimum atomic E-state index is -0.744. The average molecular weight is 227 g/mol. The van der Waals surface area contributed by atoms with Crippen molar-refractivity contribution in [3.8, 4) is 0 Å². The van der Waals surface area contributed by atoms with Crippen molar-refractivity contribution in [3.63, 3.8) is 0 Å². The van der Waals surface area contributed by atoms with Crippen molar-refractivity contribution in [2.75, 3.05) is 0 Å². The molecular weight excluding hydrogens is 206 g/mol. The first-order valence-corrected chi connectivity index (χ1v) is 5.75. The van der Waals surface area contributed by atoms with Crippen LogP contribution in [0.3, 0.4) is 0 Å². The molecular formula is C11H21N3O2. The van der Waals surface area contributed by atoms with Gasteiger partial charge in [-0.2, -0.15) is 0 Å². The van der Waals surface area contributed by atoms with Crippen LogP contribution in [-0.4, -0.2) is 29.4 Å². The van der Waals surface area contributed by atoms with Crippen LogP contribution >= 0.6 is 0 Å². The fraction of sp³-hybridized carbons (Fsp3) is 0.818. The minimum absolute atomic E-state index is 0.0717. The Morgan fingerprint density at radius 1 is 1.19 bits per heavy atom. The van der Waals surface area contributed by atoms with Crippen molar-refractivity contribution in [1.82, 2.24) is 10.6 Å². The Morgan fingerprint density at radius 3 is 2.12 bits per heavy atom. The quantitative estimate of drug-likeness (QED) is 0.627. The van der Waals surface area contributed by atoms with E-state index in [0.717, 1.165) is 6.42 Å². The Bertz CT molecular complexity index is 285. The summed E-state index contributed by atoms with van der Waals surface area (Å²) in [6.07, 6.45) is 2.39. The van der Waals surface area contributed by atoms with E-state index >= 15 is 0 Å². The van der Waals surface area contributed by atoms with Crippen molar-refractivity contribution in [2.45, 2.75) is 57.7 Å². The monoisotopic (exact) mass is 227 g/mol. The minimum Gasteiger partial charge on any atom is -0.352 e. The predicted octanol–water partition coefficient (Wildman–Crippen LogP) is -0.103. The molecule has 16 heavy (non-hydrogen) atoms. The van der Waals surface area contributed by atoms with Crippen LogP contribution in [0.2, 0.25) is 0 Å². The number of amides is 2. The molecule has 0 bridgehead atoms. The van der Waals surface area contributed by atoms with E-state index in [4.69, 9.17) is 5.73 Å². The lowest BCUT2D eigenvalue weighted by atomic mass is 9.77. The second-order valence-electron chi connectivity index (χ2n) is 4.87. The number of nitrogens with one attached hydrogen (secondary N) is 2. The SMILES string of the molecule is CC(C)NC(=O)C(C)NC(=O)C1(N)CCC1. The molecule has 2 amide bonds. The molecule has 0 aromatic rings. The Labute approximate surface area is 96.1 Å². The number of carbonyl (C=O) groups excluding carboxylic acids is 2. The summed E-state index contributed by atoms with van der Waals surface area (Å²) in [6.45, 7) is 5.42. The van der Waals surface area contributed by atoms with Crippen molar-refractivity contribution < 1.29 is 9.59 Å². The maximum Gasteiger partial charge on any atom is 0.242 e. The molecule has 1 fully saturated rings. The van der Waals surface area contributed by atoms with Gasteiger partial charge in [0.15, 0.2) is 0 Å². The molecule has 1 atom stereocenters. The number of carbonyl (C=O) groups is 2. The van der Waals surface area contributed by atoms with Gasteiger partial charge in [-0.3, -0.25) is 9.59 Å². The van der Waals surface area contributed by atoms with Crippen molar-refractivity contribution >= 4 is 11.8 Å². The van der Waals surface area contributed by atoms with Crippen molar-refractivity contribution in [2.24, 2.45) is 5.73 Å². The van der Waals surface area contributed by atoms with E-state index in [9.17, 15) is 9.59 Å². The fourth-order valence-electron chi connectivity index (χ4n) is 1.60. The lowest BCUT2D eigenvalue weighted by molar-refractivity contribution is -0.133. The first kappa shape index (κ1) is 13.0. The molecule has 4 N–H and O–H groups in total. The highest BCUT2D eigenvalue weighted by Gasteiger charge is 2.40. The third-order valence-electron chi connectivity index (χ3n) is 2.87. The van der Waals surface area contributed by atoms with E-state index in [0.29, 0.717) is 12.8 Å². The van der Waals surface area contributed by atoms with E-state index in [1.54, 1.807) is 6.92 Å². The highest BCUT2D eigenvalue weighted by molar-refractivity contribution is 5.92. The van der Waals surface area contributed by atoms with E-state index in [2.05, 4.69) is 10.6 Å². The van der Waals surface area contributed by atoms with Crippen LogP contribution in [0, 0.1) is 0 Å². The van der Waals surface area contributed by atoms with Gasteiger partial charge in [-0.1, -0.05) is 0 Å². The smallest absolute Gasteiger partial charge is 0.242 e. The third kappa shape index (κ3) is 2.95. The number of rotatable bonds is 4. The molecule has 1 aliphatic rings. The van der Waals surface area contributed by atoms with Crippen LogP contribution in [-0.2, 0) is 9.59 Å². The molecule has 1 aliphatic carbocycles. The van der Waals surface area contributed by atoms with Gasteiger partial charge >= 0.3 is 0 Å². The van der Waals surface area contributed by atoms with E-state index in [1.807, 2.05) is 13.8 Å². The Hall–Kier alpha value is -1.10. The van der Waals surface area contributed by atoms with E-state index in [-0.39, 0.29) is 17.9 Å². The van der Waals surface area contributed by atoms with Crippen LogP contribution in [0.4, 0.5) is 0 Å². The number of nitrogens with two attached hydrogens (primary N) is 1. The molecule has 92 valence electrons. The summed E-state index contributed by atoms with van der Waals surface area (Å²) in [5.74, 6) is -0.392. The molecule has 1 rings (SSSR count). The average Bonchev–Trinajstić information content (AvgIpc) is 2.12. The van der Waals surface area contributed by atoms with Gasteiger partial charge < -0.3 is 16.4 Å². The van der Waals surface area contributed by atoms with E-state index < -0.39 is 11.6 Å². The molecule has 1 unspecified atom stereocenters. The van der Waals surface area contributed by atoms with Gasteiger partial charge in [-0.05, 0) is 40.0 Å². The molecule has 0 heterocycles. The topological polar surface area (TPSA) is 84.2 Å². The van der Waals surface area contributed by atoms with Crippen molar-refractivity contribution in [1.29, 1.82) is 0 Å². The second kappa shape index (κ2) is 4.82. The highest BCUT2D eigenvalue weighted by atomic mass is 16.2. The van der Waals surface area contributed by atoms with Crippen LogP contribution in [0.25, 0.3) is 0 Å². The zero-order chi connectivity index (χ0) is 12.3. The largest absolute Gasteiger partial charge is 0.352 e. The molecule has 0 radical (unpaired) electrons. The zero-order valence-corrected chi connectivity index (χ0v) is 10.2. The summed E-state index contributed by atoms with van der Waals surface area (Å²) in [4.78, 5) is 23.3. The summed E-state index contributed by atoms with van der Waals surface area (Å²) >= 11 is 0. The fourth-order valence-corrected chi connectivity index (χ4v) is 1.60. The molecule has 5 heteroatoms. The van der Waals surface area contributed by atoms with Gasteiger partial charge in [-0.15, -0.1) is 0 Å². The molecule has 0 aromatic carbocycles. The number of hydrogen-bond acceptors (Lipinski definition) is 3. The number of hydrogen-bond donors (Lipinski definition) is 3. The normalized spacial score (nSPS) is 19.8. The highest BCUT2D eigenvalue weighted by Crippen LogP contribution is 2.29. The van der Waals surface area contributed by atoms with Gasteiger partial charge in [0.05, 0.1) is 5.54 Å².